The summed E-state index contributed by atoms with van der Waals surface area (Å²) >= 11 is 5.85. The van der Waals surface area contributed by atoms with Crippen LogP contribution in [0.15, 0.2) is 24.9 Å². The quantitative estimate of drug-likeness (QED) is 0.755. The van der Waals surface area contributed by atoms with Crippen LogP contribution in [0.5, 0.6) is 5.88 Å². The van der Waals surface area contributed by atoms with Crippen LogP contribution in [0, 0.1) is 0 Å². The number of hydrogen-bond donors (Lipinski definition) is 1. The van der Waals surface area contributed by atoms with E-state index in [2.05, 4.69) is 11.6 Å². The van der Waals surface area contributed by atoms with Crippen molar-refractivity contribution in [3.8, 4) is 5.88 Å². The summed E-state index contributed by atoms with van der Waals surface area (Å²) in [6.45, 7) is 3.58. The molecule has 0 aliphatic rings. The highest BCUT2D eigenvalue weighted by Gasteiger charge is 2.06. The summed E-state index contributed by atoms with van der Waals surface area (Å²) in [5.41, 5.74) is 6.52. The van der Waals surface area contributed by atoms with Gasteiger partial charge < -0.3 is 10.5 Å². The average molecular weight is 199 g/mol. The fraction of sp³-hybridized carbons (Fsp3) is 0.222. The maximum Gasteiger partial charge on any atom is 0.232 e. The number of halogens is 1. The largest absolute Gasteiger partial charge is 0.480 e. The van der Waals surface area contributed by atoms with Crippen molar-refractivity contribution in [2.24, 2.45) is 5.73 Å². The molecule has 0 aromatic carbocycles. The number of nitrogens with zero attached hydrogens (tertiary/aromatic N) is 1. The van der Waals surface area contributed by atoms with Gasteiger partial charge in [0.25, 0.3) is 0 Å². The Morgan fingerprint density at radius 3 is 2.92 bits per heavy atom. The Morgan fingerprint density at radius 2 is 2.46 bits per heavy atom. The van der Waals surface area contributed by atoms with Crippen LogP contribution in [0.2, 0.25) is 5.02 Å². The standard InChI is InChI=1S/C9H11ClN2O/c1-3-8(11)6-4-7(10)9(13-2)12-5-6/h3-5,8H,1,11H2,2H3/t8-/m0/s1. The number of ether oxygens (including phenoxy) is 1. The fourth-order valence-electron chi connectivity index (χ4n) is 0.909. The van der Waals surface area contributed by atoms with E-state index in [9.17, 15) is 0 Å². The molecular weight excluding hydrogens is 188 g/mol. The first kappa shape index (κ1) is 10.0. The third-order valence-electron chi connectivity index (χ3n) is 1.66. The molecule has 13 heavy (non-hydrogen) atoms. The lowest BCUT2D eigenvalue weighted by Crippen LogP contribution is -2.07. The molecule has 2 N–H and O–H groups in total. The lowest BCUT2D eigenvalue weighted by atomic mass is 10.1. The molecule has 1 aromatic heterocycles. The topological polar surface area (TPSA) is 48.1 Å². The zero-order chi connectivity index (χ0) is 9.84. The second kappa shape index (κ2) is 4.25. The van der Waals surface area contributed by atoms with Gasteiger partial charge in [0, 0.05) is 12.2 Å². The Morgan fingerprint density at radius 1 is 1.77 bits per heavy atom. The second-order valence-electron chi connectivity index (χ2n) is 2.52. The summed E-state index contributed by atoms with van der Waals surface area (Å²) in [7, 11) is 1.52. The van der Waals surface area contributed by atoms with Crippen LogP contribution in [0.25, 0.3) is 0 Å². The van der Waals surface area contributed by atoms with Gasteiger partial charge in [0.2, 0.25) is 5.88 Å². The number of aromatic nitrogens is 1. The number of pyridine rings is 1. The molecule has 0 radical (unpaired) electrons. The molecule has 1 atom stereocenters. The minimum atomic E-state index is -0.240. The molecule has 0 bridgehead atoms. The zero-order valence-corrected chi connectivity index (χ0v) is 8.08. The molecule has 0 spiro atoms. The van der Waals surface area contributed by atoms with Gasteiger partial charge in [-0.25, -0.2) is 4.98 Å². The van der Waals surface area contributed by atoms with E-state index >= 15 is 0 Å². The lowest BCUT2D eigenvalue weighted by molar-refractivity contribution is 0.398. The molecule has 0 aliphatic carbocycles. The monoisotopic (exact) mass is 198 g/mol. The van der Waals surface area contributed by atoms with Crippen molar-refractivity contribution in [1.82, 2.24) is 4.98 Å². The van der Waals surface area contributed by atoms with Crippen molar-refractivity contribution in [2.45, 2.75) is 6.04 Å². The van der Waals surface area contributed by atoms with Crippen LogP contribution in [0.1, 0.15) is 11.6 Å². The minimum absolute atomic E-state index is 0.240. The molecule has 0 amide bonds. The Kier molecular flexibility index (Phi) is 3.28. The van der Waals surface area contributed by atoms with Crippen molar-refractivity contribution in [3.63, 3.8) is 0 Å². The van der Waals surface area contributed by atoms with Crippen LogP contribution in [0.4, 0.5) is 0 Å². The van der Waals surface area contributed by atoms with Crippen molar-refractivity contribution in [2.75, 3.05) is 7.11 Å². The van der Waals surface area contributed by atoms with E-state index in [1.54, 1.807) is 18.3 Å². The van der Waals surface area contributed by atoms with Crippen LogP contribution in [-0.2, 0) is 0 Å². The molecule has 1 rings (SSSR count). The van der Waals surface area contributed by atoms with Gasteiger partial charge in [0.1, 0.15) is 5.02 Å². The van der Waals surface area contributed by atoms with E-state index in [0.29, 0.717) is 10.9 Å². The molecule has 0 aliphatic heterocycles. The third kappa shape index (κ3) is 2.20. The van der Waals surface area contributed by atoms with Gasteiger partial charge in [-0.15, -0.1) is 6.58 Å². The van der Waals surface area contributed by atoms with Crippen LogP contribution < -0.4 is 10.5 Å². The van der Waals surface area contributed by atoms with E-state index < -0.39 is 0 Å². The first-order chi connectivity index (χ1) is 6.19. The molecule has 0 saturated heterocycles. The number of methoxy groups -OCH3 is 1. The van der Waals surface area contributed by atoms with Gasteiger partial charge >= 0.3 is 0 Å². The second-order valence-corrected chi connectivity index (χ2v) is 2.93. The predicted octanol–water partition coefficient (Wildman–Crippen LogP) is 1.93. The molecule has 3 nitrogen and oxygen atoms in total. The smallest absolute Gasteiger partial charge is 0.232 e. The van der Waals surface area contributed by atoms with Crippen molar-refractivity contribution >= 4 is 11.6 Å². The van der Waals surface area contributed by atoms with E-state index in [-0.39, 0.29) is 6.04 Å². The van der Waals surface area contributed by atoms with Crippen LogP contribution >= 0.6 is 11.6 Å². The number of rotatable bonds is 3. The van der Waals surface area contributed by atoms with Gasteiger partial charge in [0.15, 0.2) is 0 Å². The van der Waals surface area contributed by atoms with Gasteiger partial charge in [0.05, 0.1) is 7.11 Å². The third-order valence-corrected chi connectivity index (χ3v) is 1.93. The first-order valence-corrected chi connectivity index (χ1v) is 4.14. The maximum absolute atomic E-state index is 5.85. The summed E-state index contributed by atoms with van der Waals surface area (Å²) < 4.78 is 4.90. The van der Waals surface area contributed by atoms with Crippen LogP contribution in [-0.4, -0.2) is 12.1 Å². The molecular formula is C9H11ClN2O. The van der Waals surface area contributed by atoms with Crippen molar-refractivity contribution in [3.05, 3.63) is 35.5 Å². The fourth-order valence-corrected chi connectivity index (χ4v) is 1.16. The highest BCUT2D eigenvalue weighted by atomic mass is 35.5. The molecule has 1 aromatic rings. The van der Waals surface area contributed by atoms with Crippen molar-refractivity contribution < 1.29 is 4.74 Å². The minimum Gasteiger partial charge on any atom is -0.480 e. The first-order valence-electron chi connectivity index (χ1n) is 3.76. The molecule has 0 fully saturated rings. The molecule has 1 heterocycles. The Balaban J connectivity index is 3.02. The normalized spacial score (nSPS) is 12.2. The number of nitrogens with two attached hydrogens (primary N) is 1. The van der Waals surface area contributed by atoms with E-state index in [0.717, 1.165) is 5.56 Å². The highest BCUT2D eigenvalue weighted by Crippen LogP contribution is 2.24. The van der Waals surface area contributed by atoms with E-state index in [4.69, 9.17) is 22.1 Å². The average Bonchev–Trinajstić information content (AvgIpc) is 2.16. The van der Waals surface area contributed by atoms with Gasteiger partial charge in [-0.05, 0) is 11.6 Å². The predicted molar refractivity (Wildman–Crippen MR) is 52.9 cm³/mol. The van der Waals surface area contributed by atoms with E-state index in [1.165, 1.54) is 7.11 Å². The maximum atomic E-state index is 5.85. The summed E-state index contributed by atoms with van der Waals surface area (Å²) in [5.74, 6) is 0.404. The Bertz CT molecular complexity index is 314. The Labute approximate surface area is 82.2 Å². The Hall–Kier alpha value is -1.06. The van der Waals surface area contributed by atoms with Gasteiger partial charge in [-0.2, -0.15) is 0 Å². The van der Waals surface area contributed by atoms with Gasteiger partial charge in [-0.3, -0.25) is 0 Å². The number of hydrogen-bond acceptors (Lipinski definition) is 3. The summed E-state index contributed by atoms with van der Waals surface area (Å²) in [4.78, 5) is 3.98. The molecule has 0 unspecified atom stereocenters. The van der Waals surface area contributed by atoms with Gasteiger partial charge in [-0.1, -0.05) is 17.7 Å². The summed E-state index contributed by atoms with van der Waals surface area (Å²) in [6, 6.07) is 1.48. The van der Waals surface area contributed by atoms with Crippen molar-refractivity contribution in [1.29, 1.82) is 0 Å². The van der Waals surface area contributed by atoms with Crippen LogP contribution in [0.3, 0.4) is 0 Å². The highest BCUT2D eigenvalue weighted by molar-refractivity contribution is 6.31. The molecule has 70 valence electrons. The molecule has 4 heteroatoms. The summed E-state index contributed by atoms with van der Waals surface area (Å²) in [6.07, 6.45) is 3.25. The zero-order valence-electron chi connectivity index (χ0n) is 7.33. The van der Waals surface area contributed by atoms with E-state index in [1.807, 2.05) is 0 Å². The SMILES string of the molecule is C=C[C@H](N)c1cnc(OC)c(Cl)c1. The lowest BCUT2D eigenvalue weighted by Gasteiger charge is -2.07. The molecule has 0 saturated carbocycles. The summed E-state index contributed by atoms with van der Waals surface area (Å²) in [5, 5.41) is 0.456.